The van der Waals surface area contributed by atoms with Crippen LogP contribution in [-0.2, 0) is 0 Å². The van der Waals surface area contributed by atoms with Crippen molar-refractivity contribution in [2.45, 2.75) is 58.8 Å². The van der Waals surface area contributed by atoms with E-state index in [2.05, 4.69) is 97.6 Å². The van der Waals surface area contributed by atoms with Gasteiger partial charge >= 0.3 is 0 Å². The Balaban J connectivity index is 1.53. The first-order valence-corrected chi connectivity index (χ1v) is 13.3. The second kappa shape index (κ2) is 10.5. The molecule has 0 saturated heterocycles. The minimum Gasteiger partial charge on any atom is -0.372 e. The average Bonchev–Trinajstić information content (AvgIpc) is 2.88. The van der Waals surface area contributed by atoms with Gasteiger partial charge in [0.2, 0.25) is 0 Å². The van der Waals surface area contributed by atoms with Crippen LogP contribution in [0.15, 0.2) is 78.9 Å². The fourth-order valence-corrected chi connectivity index (χ4v) is 5.41. The third-order valence-corrected chi connectivity index (χ3v) is 7.36. The molecular weight excluding hydrogens is 410 g/mol. The third-order valence-electron chi connectivity index (χ3n) is 7.36. The van der Waals surface area contributed by atoms with Gasteiger partial charge in [-0.1, -0.05) is 101 Å². The van der Waals surface area contributed by atoms with Gasteiger partial charge in [-0.15, -0.1) is 0 Å². The van der Waals surface area contributed by atoms with Gasteiger partial charge in [0.05, 0.1) is 0 Å². The zero-order valence-corrected chi connectivity index (χ0v) is 20.8. The van der Waals surface area contributed by atoms with Crippen molar-refractivity contribution in [3.8, 4) is 0 Å². The second-order valence-corrected chi connectivity index (χ2v) is 9.81. The molecule has 5 aromatic carbocycles. The van der Waals surface area contributed by atoms with Crippen molar-refractivity contribution in [1.82, 2.24) is 0 Å². The molecular formula is C33H37N. The summed E-state index contributed by atoms with van der Waals surface area (Å²) in [6.07, 6.45) is 9.12. The van der Waals surface area contributed by atoms with E-state index in [1.165, 1.54) is 100 Å². The van der Waals surface area contributed by atoms with Gasteiger partial charge in [0.15, 0.2) is 0 Å². The summed E-state index contributed by atoms with van der Waals surface area (Å²) in [7, 11) is 0. The molecule has 0 aliphatic rings. The largest absolute Gasteiger partial charge is 0.372 e. The maximum absolute atomic E-state index is 2.63. The van der Waals surface area contributed by atoms with Gasteiger partial charge in [-0.25, -0.2) is 0 Å². The highest BCUT2D eigenvalue weighted by atomic mass is 15.1. The van der Waals surface area contributed by atoms with Crippen LogP contribution in [0.25, 0.3) is 43.1 Å². The van der Waals surface area contributed by atoms with E-state index in [1.54, 1.807) is 0 Å². The van der Waals surface area contributed by atoms with Gasteiger partial charge in [-0.3, -0.25) is 0 Å². The highest BCUT2D eigenvalue weighted by Crippen LogP contribution is 2.35. The Hall–Kier alpha value is -3.06. The summed E-state index contributed by atoms with van der Waals surface area (Å²) in [4.78, 5) is 2.63. The second-order valence-electron chi connectivity index (χ2n) is 9.81. The smallest absolute Gasteiger partial charge is 0.0372 e. The van der Waals surface area contributed by atoms with Crippen LogP contribution in [0.1, 0.15) is 58.8 Å². The first-order chi connectivity index (χ1) is 16.8. The number of fused-ring (bicyclic) bond motifs is 6. The molecule has 0 N–H and O–H groups in total. The molecule has 0 atom stereocenters. The number of unbranched alkanes of at least 4 members (excludes halogenated alkanes) is 5. The van der Waals surface area contributed by atoms with Crippen LogP contribution < -0.4 is 4.90 Å². The van der Waals surface area contributed by atoms with Crippen LogP contribution in [0.4, 0.5) is 5.69 Å². The topological polar surface area (TPSA) is 3.24 Å². The fourth-order valence-electron chi connectivity index (χ4n) is 5.41. The summed E-state index contributed by atoms with van der Waals surface area (Å²) in [5.41, 5.74) is 1.38. The van der Waals surface area contributed by atoms with Gasteiger partial charge in [-0.2, -0.15) is 0 Å². The quantitative estimate of drug-likeness (QED) is 0.117. The number of rotatable bonds is 10. The van der Waals surface area contributed by atoms with Crippen LogP contribution in [0, 0.1) is 0 Å². The summed E-state index contributed by atoms with van der Waals surface area (Å²) in [6, 6.07) is 29.8. The van der Waals surface area contributed by atoms with E-state index < -0.39 is 0 Å². The fraction of sp³-hybridized carbons (Fsp3) is 0.333. The molecule has 0 saturated carbocycles. The molecule has 0 amide bonds. The van der Waals surface area contributed by atoms with Crippen LogP contribution >= 0.6 is 0 Å². The van der Waals surface area contributed by atoms with Gasteiger partial charge in [0.25, 0.3) is 0 Å². The summed E-state index contributed by atoms with van der Waals surface area (Å²) < 4.78 is 0. The van der Waals surface area contributed by atoms with Gasteiger partial charge in [-0.05, 0) is 80.2 Å². The number of hydrogen-bond donors (Lipinski definition) is 0. The van der Waals surface area contributed by atoms with E-state index in [9.17, 15) is 0 Å². The molecule has 0 bridgehead atoms. The van der Waals surface area contributed by atoms with Crippen molar-refractivity contribution in [2.24, 2.45) is 0 Å². The molecule has 5 aromatic rings. The van der Waals surface area contributed by atoms with E-state index in [1.807, 2.05) is 0 Å². The maximum Gasteiger partial charge on any atom is 0.0372 e. The average molecular weight is 448 g/mol. The first kappa shape index (κ1) is 22.7. The van der Waals surface area contributed by atoms with E-state index in [0.29, 0.717) is 0 Å². The predicted octanol–water partition coefficient (Wildman–Crippen LogP) is 9.88. The van der Waals surface area contributed by atoms with Crippen molar-refractivity contribution in [2.75, 3.05) is 18.0 Å². The maximum atomic E-state index is 2.63. The molecule has 0 radical (unpaired) electrons. The lowest BCUT2D eigenvalue weighted by Crippen LogP contribution is -2.25. The van der Waals surface area contributed by atoms with Gasteiger partial charge in [0.1, 0.15) is 0 Å². The summed E-state index contributed by atoms with van der Waals surface area (Å²) in [5, 5.41) is 10.7. The predicted molar refractivity (Wildman–Crippen MR) is 152 cm³/mol. The highest BCUT2D eigenvalue weighted by Gasteiger charge is 2.10. The van der Waals surface area contributed by atoms with Crippen molar-refractivity contribution >= 4 is 48.8 Å². The lowest BCUT2D eigenvalue weighted by atomic mass is 9.95. The number of nitrogens with zero attached hydrogens (tertiary/aromatic N) is 1. The molecule has 1 heteroatoms. The summed E-state index contributed by atoms with van der Waals surface area (Å²) in [6.45, 7) is 6.91. The molecule has 0 spiro atoms. The first-order valence-electron chi connectivity index (χ1n) is 13.3. The standard InChI is InChI=1S/C33H37N/c1-3-5-7-11-21-34(20-10-6-4-2)29-16-19-30-28(23-29)15-18-32-31(30)17-14-27-22-25-12-8-9-13-26(25)24-33(27)32/h8-9,12-19,22-24H,3-7,10-11,20-21H2,1-2H3. The normalized spacial score (nSPS) is 11.7. The molecule has 1 nitrogen and oxygen atoms in total. The number of hydrogen-bond acceptors (Lipinski definition) is 1. The Kier molecular flexibility index (Phi) is 7.00. The minimum absolute atomic E-state index is 1.16. The Morgan fingerprint density at radius 1 is 0.471 bits per heavy atom. The molecule has 0 heterocycles. The minimum atomic E-state index is 1.16. The van der Waals surface area contributed by atoms with E-state index in [-0.39, 0.29) is 0 Å². The SMILES string of the molecule is CCCCCCN(CCCCC)c1ccc2c(ccc3c4cc5ccccc5cc4ccc23)c1. The summed E-state index contributed by atoms with van der Waals surface area (Å²) in [5.74, 6) is 0. The van der Waals surface area contributed by atoms with Crippen LogP contribution in [0.3, 0.4) is 0 Å². The molecule has 0 aliphatic carbocycles. The van der Waals surface area contributed by atoms with Gasteiger partial charge < -0.3 is 4.90 Å². The Morgan fingerprint density at radius 2 is 1.06 bits per heavy atom. The Bertz CT molecular complexity index is 1410. The van der Waals surface area contributed by atoms with E-state index >= 15 is 0 Å². The third kappa shape index (κ3) is 4.62. The zero-order valence-electron chi connectivity index (χ0n) is 20.8. The Labute approximate surface area is 204 Å². The van der Waals surface area contributed by atoms with Crippen molar-refractivity contribution in [1.29, 1.82) is 0 Å². The Morgan fingerprint density at radius 3 is 1.79 bits per heavy atom. The summed E-state index contributed by atoms with van der Waals surface area (Å²) >= 11 is 0. The zero-order chi connectivity index (χ0) is 23.3. The lowest BCUT2D eigenvalue weighted by Gasteiger charge is -2.25. The molecule has 0 aromatic heterocycles. The monoisotopic (exact) mass is 447 g/mol. The van der Waals surface area contributed by atoms with Crippen LogP contribution in [-0.4, -0.2) is 13.1 Å². The molecule has 0 fully saturated rings. The highest BCUT2D eigenvalue weighted by molar-refractivity contribution is 6.19. The molecule has 174 valence electrons. The van der Waals surface area contributed by atoms with Gasteiger partial charge in [0, 0.05) is 18.8 Å². The molecule has 5 rings (SSSR count). The molecule has 0 unspecified atom stereocenters. The lowest BCUT2D eigenvalue weighted by molar-refractivity contribution is 0.620. The molecule has 34 heavy (non-hydrogen) atoms. The van der Waals surface area contributed by atoms with Crippen molar-refractivity contribution < 1.29 is 0 Å². The van der Waals surface area contributed by atoms with E-state index in [4.69, 9.17) is 0 Å². The van der Waals surface area contributed by atoms with Crippen molar-refractivity contribution in [3.63, 3.8) is 0 Å². The molecule has 0 aliphatic heterocycles. The van der Waals surface area contributed by atoms with E-state index in [0.717, 1.165) is 6.54 Å². The van der Waals surface area contributed by atoms with Crippen LogP contribution in [0.2, 0.25) is 0 Å². The number of anilines is 1. The van der Waals surface area contributed by atoms with Crippen molar-refractivity contribution in [3.05, 3.63) is 78.9 Å². The number of benzene rings is 5. The van der Waals surface area contributed by atoms with Crippen LogP contribution in [0.5, 0.6) is 0 Å².